The Hall–Kier alpha value is 0.297. The molecule has 0 heterocycles. The second-order valence-electron chi connectivity index (χ2n) is 3.91. The Balaban J connectivity index is 3.09. The molecule has 1 aromatic carbocycles. The molecule has 0 spiro atoms. The van der Waals surface area contributed by atoms with Crippen LogP contribution in [0.15, 0.2) is 16.6 Å². The first-order valence-corrected chi connectivity index (χ1v) is 9.09. The van der Waals surface area contributed by atoms with Crippen molar-refractivity contribution >= 4 is 47.4 Å². The standard InChI is InChI=1S/C9H11BrCl2OSi/c1-14(2,3)13-9-7(10)4-6(11)5-8(9)12/h4-5H,1-3H3. The SMILES string of the molecule is C[Si](C)(C)Oc1c(Cl)cc(Cl)cc1Br. The summed E-state index contributed by atoms with van der Waals surface area (Å²) in [5.74, 6) is 0.690. The molecule has 0 aliphatic carbocycles. The molecule has 5 heteroatoms. The zero-order valence-corrected chi connectivity index (χ0v) is 12.3. The van der Waals surface area contributed by atoms with E-state index in [2.05, 4.69) is 35.6 Å². The third-order valence-corrected chi connectivity index (χ3v) is 3.28. The second kappa shape index (κ2) is 4.43. The lowest BCUT2D eigenvalue weighted by atomic mass is 10.3. The summed E-state index contributed by atoms with van der Waals surface area (Å²) < 4.78 is 6.62. The van der Waals surface area contributed by atoms with E-state index in [0.29, 0.717) is 15.8 Å². The lowest BCUT2D eigenvalue weighted by Crippen LogP contribution is -2.29. The summed E-state index contributed by atoms with van der Waals surface area (Å²) >= 11 is 15.2. The first-order valence-electron chi connectivity index (χ1n) is 4.13. The van der Waals surface area contributed by atoms with Crippen LogP contribution in [0.4, 0.5) is 0 Å². The van der Waals surface area contributed by atoms with E-state index in [0.717, 1.165) is 4.47 Å². The van der Waals surface area contributed by atoms with E-state index in [9.17, 15) is 0 Å². The minimum atomic E-state index is -1.64. The number of halogens is 3. The summed E-state index contributed by atoms with van der Waals surface area (Å²) in [6.45, 7) is 6.30. The Morgan fingerprint density at radius 2 is 1.79 bits per heavy atom. The van der Waals surface area contributed by atoms with Gasteiger partial charge in [-0.1, -0.05) is 23.2 Å². The third-order valence-electron chi connectivity index (χ3n) is 1.37. The van der Waals surface area contributed by atoms with Crippen LogP contribution in [0.2, 0.25) is 29.7 Å². The summed E-state index contributed by atoms with van der Waals surface area (Å²) in [7, 11) is -1.64. The van der Waals surface area contributed by atoms with Crippen molar-refractivity contribution in [3.05, 3.63) is 26.7 Å². The first-order chi connectivity index (χ1) is 6.29. The van der Waals surface area contributed by atoms with Gasteiger partial charge in [-0.25, -0.2) is 0 Å². The van der Waals surface area contributed by atoms with Crippen LogP contribution in [-0.4, -0.2) is 8.32 Å². The van der Waals surface area contributed by atoms with Crippen LogP contribution in [0.1, 0.15) is 0 Å². The van der Waals surface area contributed by atoms with E-state index in [4.69, 9.17) is 27.6 Å². The smallest absolute Gasteiger partial charge is 0.242 e. The second-order valence-corrected chi connectivity index (χ2v) is 10.0. The van der Waals surface area contributed by atoms with Crippen molar-refractivity contribution in [3.63, 3.8) is 0 Å². The molecule has 1 rings (SSSR count). The molecule has 0 aromatic heterocycles. The lowest BCUT2D eigenvalue weighted by Gasteiger charge is -2.21. The maximum Gasteiger partial charge on any atom is 0.242 e. The van der Waals surface area contributed by atoms with Crippen molar-refractivity contribution in [3.8, 4) is 5.75 Å². The maximum absolute atomic E-state index is 6.02. The Kier molecular flexibility index (Phi) is 3.92. The number of hydrogen-bond acceptors (Lipinski definition) is 1. The molecule has 0 fully saturated rings. The highest BCUT2D eigenvalue weighted by atomic mass is 79.9. The van der Waals surface area contributed by atoms with Crippen molar-refractivity contribution in [1.29, 1.82) is 0 Å². The Labute approximate surface area is 104 Å². The Bertz CT molecular complexity index is 326. The van der Waals surface area contributed by atoms with Gasteiger partial charge >= 0.3 is 0 Å². The molecule has 0 unspecified atom stereocenters. The van der Waals surface area contributed by atoms with Gasteiger partial charge in [-0.3, -0.25) is 0 Å². The third kappa shape index (κ3) is 3.46. The highest BCUT2D eigenvalue weighted by molar-refractivity contribution is 9.10. The van der Waals surface area contributed by atoms with Gasteiger partial charge in [0.1, 0.15) is 5.75 Å². The van der Waals surface area contributed by atoms with Gasteiger partial charge in [-0.2, -0.15) is 0 Å². The number of benzene rings is 1. The quantitative estimate of drug-likeness (QED) is 0.700. The molecule has 0 aliphatic rings. The first kappa shape index (κ1) is 12.4. The van der Waals surface area contributed by atoms with E-state index in [1.54, 1.807) is 12.1 Å². The van der Waals surface area contributed by atoms with Gasteiger partial charge in [0.15, 0.2) is 0 Å². The molecule has 78 valence electrons. The van der Waals surface area contributed by atoms with Gasteiger partial charge in [0.05, 0.1) is 9.50 Å². The number of hydrogen-bond donors (Lipinski definition) is 0. The van der Waals surface area contributed by atoms with Crippen LogP contribution < -0.4 is 4.43 Å². The topological polar surface area (TPSA) is 9.23 Å². The maximum atomic E-state index is 6.02. The summed E-state index contributed by atoms with van der Waals surface area (Å²) in [5.41, 5.74) is 0. The molecular weight excluding hydrogens is 303 g/mol. The van der Waals surface area contributed by atoms with Crippen LogP contribution >= 0.6 is 39.1 Å². The van der Waals surface area contributed by atoms with Gasteiger partial charge in [0.2, 0.25) is 8.32 Å². The summed E-state index contributed by atoms with van der Waals surface area (Å²) in [4.78, 5) is 0. The molecule has 0 bridgehead atoms. The van der Waals surface area contributed by atoms with Crippen LogP contribution in [0.25, 0.3) is 0 Å². The van der Waals surface area contributed by atoms with Gasteiger partial charge < -0.3 is 4.43 Å². The van der Waals surface area contributed by atoms with Crippen molar-refractivity contribution in [1.82, 2.24) is 0 Å². The fourth-order valence-corrected chi connectivity index (χ4v) is 3.30. The summed E-state index contributed by atoms with van der Waals surface area (Å²) in [5, 5.41) is 1.15. The van der Waals surface area contributed by atoms with E-state index >= 15 is 0 Å². The molecule has 0 aliphatic heterocycles. The predicted molar refractivity (Wildman–Crippen MR) is 68.1 cm³/mol. The Morgan fingerprint density at radius 3 is 2.21 bits per heavy atom. The lowest BCUT2D eigenvalue weighted by molar-refractivity contribution is 0.554. The Morgan fingerprint density at radius 1 is 1.21 bits per heavy atom. The van der Waals surface area contributed by atoms with Crippen LogP contribution in [0.3, 0.4) is 0 Å². The number of rotatable bonds is 2. The van der Waals surface area contributed by atoms with Gasteiger partial charge in [0.25, 0.3) is 0 Å². The van der Waals surface area contributed by atoms with Gasteiger partial charge in [0, 0.05) is 5.02 Å². The van der Waals surface area contributed by atoms with Crippen molar-refractivity contribution < 1.29 is 4.43 Å². The molecule has 1 aromatic rings. The fourth-order valence-electron chi connectivity index (χ4n) is 0.933. The zero-order valence-electron chi connectivity index (χ0n) is 8.20. The minimum absolute atomic E-state index is 0.548. The molecule has 14 heavy (non-hydrogen) atoms. The highest BCUT2D eigenvalue weighted by Crippen LogP contribution is 2.37. The van der Waals surface area contributed by atoms with Crippen molar-refractivity contribution in [2.24, 2.45) is 0 Å². The molecule has 0 amide bonds. The molecule has 1 nitrogen and oxygen atoms in total. The van der Waals surface area contributed by atoms with Crippen LogP contribution in [0.5, 0.6) is 5.75 Å². The van der Waals surface area contributed by atoms with Gasteiger partial charge in [-0.05, 0) is 47.7 Å². The summed E-state index contributed by atoms with van der Waals surface area (Å²) in [6, 6.07) is 3.46. The van der Waals surface area contributed by atoms with E-state index < -0.39 is 8.32 Å². The molecule has 0 atom stereocenters. The van der Waals surface area contributed by atoms with E-state index in [1.807, 2.05) is 0 Å². The zero-order chi connectivity index (χ0) is 10.9. The van der Waals surface area contributed by atoms with Crippen molar-refractivity contribution in [2.45, 2.75) is 19.6 Å². The average Bonchev–Trinajstić information content (AvgIpc) is 1.95. The van der Waals surface area contributed by atoms with Crippen LogP contribution in [-0.2, 0) is 0 Å². The molecule has 0 radical (unpaired) electrons. The largest absolute Gasteiger partial charge is 0.543 e. The van der Waals surface area contributed by atoms with Gasteiger partial charge in [-0.15, -0.1) is 0 Å². The van der Waals surface area contributed by atoms with E-state index in [-0.39, 0.29) is 0 Å². The molecule has 0 saturated carbocycles. The average molecular weight is 314 g/mol. The minimum Gasteiger partial charge on any atom is -0.543 e. The normalized spacial score (nSPS) is 11.6. The fraction of sp³-hybridized carbons (Fsp3) is 0.333. The highest BCUT2D eigenvalue weighted by Gasteiger charge is 2.20. The predicted octanol–water partition coefficient (Wildman–Crippen LogP) is 4.97. The molecule has 0 saturated heterocycles. The van der Waals surface area contributed by atoms with E-state index in [1.165, 1.54) is 0 Å². The summed E-state index contributed by atoms with van der Waals surface area (Å²) in [6.07, 6.45) is 0. The monoisotopic (exact) mass is 312 g/mol. The molecular formula is C9H11BrCl2OSi. The van der Waals surface area contributed by atoms with Crippen LogP contribution in [0, 0.1) is 0 Å². The molecule has 0 N–H and O–H groups in total. The van der Waals surface area contributed by atoms with Crippen molar-refractivity contribution in [2.75, 3.05) is 0 Å².